The van der Waals surface area contributed by atoms with Gasteiger partial charge in [0.1, 0.15) is 0 Å². The van der Waals surface area contributed by atoms with Crippen LogP contribution in [0.25, 0.3) is 0 Å². The number of carboxylic acids is 1. The number of aliphatic carboxylic acids is 1. The molecule has 0 radical (unpaired) electrons. The molecule has 2 saturated carbocycles. The average Bonchev–Trinajstić information content (AvgIpc) is 3.14. The smallest absolute Gasteiger partial charge is 0.307 e. The summed E-state index contributed by atoms with van der Waals surface area (Å²) in [6, 6.07) is 0. The maximum Gasteiger partial charge on any atom is 0.307 e. The molecule has 2 rings (SSSR count). The van der Waals surface area contributed by atoms with Crippen LogP contribution in [0.2, 0.25) is 0 Å². The predicted octanol–water partition coefficient (Wildman–Crippen LogP) is 0.886. The number of ether oxygens (including phenoxy) is 1. The number of carbonyl (C=O) groups is 2. The molecule has 0 aromatic carbocycles. The predicted molar refractivity (Wildman–Crippen MR) is 64.9 cm³/mol. The quantitative estimate of drug-likeness (QED) is 0.662. The van der Waals surface area contributed by atoms with Crippen LogP contribution >= 0.6 is 0 Å². The minimum Gasteiger partial charge on any atom is -0.481 e. The molecule has 5 nitrogen and oxygen atoms in total. The largest absolute Gasteiger partial charge is 0.481 e. The second kappa shape index (κ2) is 4.88. The van der Waals surface area contributed by atoms with E-state index in [2.05, 4.69) is 5.32 Å². The van der Waals surface area contributed by atoms with Crippen molar-refractivity contribution in [3.63, 3.8) is 0 Å². The molecule has 0 heterocycles. The number of carbonyl (C=O) groups excluding carboxylic acids is 1. The lowest BCUT2D eigenvalue weighted by Crippen LogP contribution is -2.30. The molecule has 18 heavy (non-hydrogen) atoms. The van der Waals surface area contributed by atoms with E-state index in [1.165, 1.54) is 12.8 Å². The van der Waals surface area contributed by atoms with Crippen molar-refractivity contribution in [2.45, 2.75) is 26.7 Å². The second-order valence-corrected chi connectivity index (χ2v) is 5.92. The van der Waals surface area contributed by atoms with Crippen LogP contribution in [0.1, 0.15) is 26.7 Å². The van der Waals surface area contributed by atoms with Gasteiger partial charge in [0.05, 0.1) is 18.4 Å². The molecule has 0 aromatic rings. The van der Waals surface area contributed by atoms with Crippen LogP contribution in [0.3, 0.4) is 0 Å². The highest BCUT2D eigenvalue weighted by Crippen LogP contribution is 2.58. The maximum atomic E-state index is 11.8. The van der Waals surface area contributed by atoms with Crippen molar-refractivity contribution in [2.75, 3.05) is 19.8 Å². The third kappa shape index (κ3) is 2.83. The molecule has 2 aliphatic rings. The summed E-state index contributed by atoms with van der Waals surface area (Å²) in [4.78, 5) is 22.8. The first-order chi connectivity index (χ1) is 8.44. The molecule has 0 saturated heterocycles. The SMILES string of the molecule is CC1(C)C(C(=O)O)C1C(=O)NCCOCC1CC1. The molecule has 0 spiro atoms. The molecule has 0 bridgehead atoms. The minimum absolute atomic E-state index is 0.164. The Morgan fingerprint density at radius 2 is 2.00 bits per heavy atom. The van der Waals surface area contributed by atoms with Gasteiger partial charge in [0.15, 0.2) is 0 Å². The molecular formula is C13H21NO4. The molecule has 0 aromatic heterocycles. The number of amides is 1. The Bertz CT molecular complexity index is 349. The second-order valence-electron chi connectivity index (χ2n) is 5.92. The summed E-state index contributed by atoms with van der Waals surface area (Å²) in [5.41, 5.74) is -0.426. The summed E-state index contributed by atoms with van der Waals surface area (Å²) >= 11 is 0. The van der Waals surface area contributed by atoms with E-state index in [-0.39, 0.29) is 5.91 Å². The molecule has 2 aliphatic carbocycles. The zero-order chi connectivity index (χ0) is 13.3. The summed E-state index contributed by atoms with van der Waals surface area (Å²) in [5.74, 6) is -1.28. The molecule has 2 atom stereocenters. The Kier molecular flexibility index (Phi) is 3.61. The van der Waals surface area contributed by atoms with E-state index < -0.39 is 23.2 Å². The molecule has 1 amide bonds. The van der Waals surface area contributed by atoms with Gasteiger partial charge in [0.2, 0.25) is 5.91 Å². The van der Waals surface area contributed by atoms with E-state index in [0.29, 0.717) is 13.2 Å². The third-order valence-corrected chi connectivity index (χ3v) is 3.97. The van der Waals surface area contributed by atoms with E-state index in [0.717, 1.165) is 12.5 Å². The van der Waals surface area contributed by atoms with Gasteiger partial charge in [-0.05, 0) is 24.2 Å². The first-order valence-electron chi connectivity index (χ1n) is 6.53. The summed E-state index contributed by atoms with van der Waals surface area (Å²) < 4.78 is 5.40. The number of hydrogen-bond donors (Lipinski definition) is 2. The zero-order valence-electron chi connectivity index (χ0n) is 10.9. The Hall–Kier alpha value is -1.10. The van der Waals surface area contributed by atoms with Gasteiger partial charge >= 0.3 is 5.97 Å². The fourth-order valence-corrected chi connectivity index (χ4v) is 2.48. The van der Waals surface area contributed by atoms with Gasteiger partial charge in [-0.25, -0.2) is 0 Å². The highest BCUT2D eigenvalue weighted by molar-refractivity contribution is 5.91. The van der Waals surface area contributed by atoms with Crippen molar-refractivity contribution in [3.8, 4) is 0 Å². The van der Waals surface area contributed by atoms with Gasteiger partial charge in [0.25, 0.3) is 0 Å². The fourth-order valence-electron chi connectivity index (χ4n) is 2.48. The molecular weight excluding hydrogens is 234 g/mol. The van der Waals surface area contributed by atoms with Crippen LogP contribution in [0.15, 0.2) is 0 Å². The lowest BCUT2D eigenvalue weighted by Gasteiger charge is -2.06. The number of hydrogen-bond acceptors (Lipinski definition) is 3. The van der Waals surface area contributed by atoms with Crippen LogP contribution in [-0.4, -0.2) is 36.7 Å². The molecule has 5 heteroatoms. The van der Waals surface area contributed by atoms with Crippen LogP contribution < -0.4 is 5.32 Å². The molecule has 2 unspecified atom stereocenters. The minimum atomic E-state index is -0.884. The summed E-state index contributed by atoms with van der Waals surface area (Å²) in [6.45, 7) is 5.39. The van der Waals surface area contributed by atoms with E-state index in [1.807, 2.05) is 13.8 Å². The summed E-state index contributed by atoms with van der Waals surface area (Å²) in [7, 11) is 0. The van der Waals surface area contributed by atoms with E-state index in [9.17, 15) is 9.59 Å². The van der Waals surface area contributed by atoms with Crippen molar-refractivity contribution in [3.05, 3.63) is 0 Å². The average molecular weight is 255 g/mol. The van der Waals surface area contributed by atoms with E-state index >= 15 is 0 Å². The first kappa shape index (κ1) is 13.3. The van der Waals surface area contributed by atoms with Gasteiger partial charge in [-0.3, -0.25) is 9.59 Å². The molecule has 2 fully saturated rings. The van der Waals surface area contributed by atoms with E-state index in [4.69, 9.17) is 9.84 Å². The number of rotatable bonds is 7. The van der Waals surface area contributed by atoms with Gasteiger partial charge < -0.3 is 15.2 Å². The van der Waals surface area contributed by atoms with Crippen LogP contribution in [-0.2, 0) is 14.3 Å². The molecule has 0 aliphatic heterocycles. The van der Waals surface area contributed by atoms with E-state index in [1.54, 1.807) is 0 Å². The zero-order valence-corrected chi connectivity index (χ0v) is 10.9. The maximum absolute atomic E-state index is 11.8. The lowest BCUT2D eigenvalue weighted by molar-refractivity contribution is -0.140. The van der Waals surface area contributed by atoms with Gasteiger partial charge in [-0.1, -0.05) is 13.8 Å². The van der Waals surface area contributed by atoms with Gasteiger partial charge in [-0.15, -0.1) is 0 Å². The number of carboxylic acid groups (broad SMARTS) is 1. The standard InChI is InChI=1S/C13H21NO4/c1-13(2)9(10(13)12(16)17)11(15)14-5-6-18-7-8-3-4-8/h8-10H,3-7H2,1-2H3,(H,14,15)(H,16,17). The Morgan fingerprint density at radius 1 is 1.33 bits per heavy atom. The monoisotopic (exact) mass is 255 g/mol. The first-order valence-corrected chi connectivity index (χ1v) is 6.53. The molecule has 102 valence electrons. The fraction of sp³-hybridized carbons (Fsp3) is 0.846. The Morgan fingerprint density at radius 3 is 2.50 bits per heavy atom. The van der Waals surface area contributed by atoms with Crippen LogP contribution in [0.4, 0.5) is 0 Å². The lowest BCUT2D eigenvalue weighted by atomic mass is 10.1. The van der Waals surface area contributed by atoms with Gasteiger partial charge in [0, 0.05) is 13.2 Å². The summed E-state index contributed by atoms with van der Waals surface area (Å²) in [6.07, 6.45) is 2.51. The topological polar surface area (TPSA) is 75.6 Å². The van der Waals surface area contributed by atoms with Crippen LogP contribution in [0.5, 0.6) is 0 Å². The highest BCUT2D eigenvalue weighted by atomic mass is 16.5. The normalized spacial score (nSPS) is 28.8. The van der Waals surface area contributed by atoms with Crippen molar-refractivity contribution in [1.29, 1.82) is 0 Å². The van der Waals surface area contributed by atoms with Crippen LogP contribution in [0, 0.1) is 23.2 Å². The van der Waals surface area contributed by atoms with Gasteiger partial charge in [-0.2, -0.15) is 0 Å². The Labute approximate surface area is 107 Å². The van der Waals surface area contributed by atoms with Crippen molar-refractivity contribution >= 4 is 11.9 Å². The van der Waals surface area contributed by atoms with Crippen molar-refractivity contribution < 1.29 is 19.4 Å². The van der Waals surface area contributed by atoms with Crippen molar-refractivity contribution in [2.24, 2.45) is 23.2 Å². The van der Waals surface area contributed by atoms with Crippen molar-refractivity contribution in [1.82, 2.24) is 5.32 Å². The third-order valence-electron chi connectivity index (χ3n) is 3.97. The Balaban J connectivity index is 1.64. The highest BCUT2D eigenvalue weighted by Gasteiger charge is 2.65. The number of nitrogens with one attached hydrogen (secondary N) is 1. The molecule has 2 N–H and O–H groups in total. The summed E-state index contributed by atoms with van der Waals surface area (Å²) in [5, 5.41) is 11.7.